The molecule has 3 heteroatoms. The van der Waals surface area contributed by atoms with Crippen LogP contribution in [0.25, 0.3) is 0 Å². The summed E-state index contributed by atoms with van der Waals surface area (Å²) in [6.07, 6.45) is 4.09. The van der Waals surface area contributed by atoms with E-state index in [1.54, 1.807) is 0 Å². The lowest BCUT2D eigenvalue weighted by Crippen LogP contribution is -2.42. The molecule has 13 heavy (non-hydrogen) atoms. The van der Waals surface area contributed by atoms with Gasteiger partial charge in [0.05, 0.1) is 19.1 Å². The van der Waals surface area contributed by atoms with Gasteiger partial charge in [-0.2, -0.15) is 0 Å². The molecule has 0 spiro atoms. The molecule has 74 valence electrons. The van der Waals surface area contributed by atoms with Gasteiger partial charge in [-0.1, -0.05) is 12.8 Å². The second-order valence-electron chi connectivity index (χ2n) is 4.30. The Labute approximate surface area is 78.4 Å². The molecule has 1 saturated heterocycles. The van der Waals surface area contributed by atoms with Crippen molar-refractivity contribution in [2.45, 2.75) is 38.2 Å². The maximum absolute atomic E-state index is 11.7. The van der Waals surface area contributed by atoms with Gasteiger partial charge in [-0.15, -0.1) is 0 Å². The van der Waals surface area contributed by atoms with Crippen molar-refractivity contribution in [3.05, 3.63) is 0 Å². The molecule has 0 aromatic carbocycles. The van der Waals surface area contributed by atoms with Gasteiger partial charge in [0, 0.05) is 0 Å². The van der Waals surface area contributed by atoms with E-state index in [0.29, 0.717) is 6.61 Å². The third kappa shape index (κ3) is 1.10. The smallest absolute Gasteiger partial charge is 0.314 e. The quantitative estimate of drug-likeness (QED) is 0.482. The van der Waals surface area contributed by atoms with Crippen molar-refractivity contribution in [2.24, 2.45) is 5.41 Å². The minimum absolute atomic E-state index is 0.0787. The van der Waals surface area contributed by atoms with Crippen LogP contribution >= 0.6 is 0 Å². The summed E-state index contributed by atoms with van der Waals surface area (Å²) in [4.78, 5) is 11.7. The van der Waals surface area contributed by atoms with Gasteiger partial charge in [0.25, 0.3) is 0 Å². The normalized spacial score (nSPS) is 35.8. The number of hydrogen-bond acceptors (Lipinski definition) is 3. The van der Waals surface area contributed by atoms with E-state index in [2.05, 4.69) is 0 Å². The van der Waals surface area contributed by atoms with Crippen molar-refractivity contribution >= 4 is 5.97 Å². The Bertz CT molecular complexity index is 224. The molecule has 1 atom stereocenters. The molecule has 0 aromatic rings. The molecule has 1 saturated carbocycles. The summed E-state index contributed by atoms with van der Waals surface area (Å²) >= 11 is 0. The molecule has 2 aliphatic rings. The summed E-state index contributed by atoms with van der Waals surface area (Å²) in [5.74, 6) is -0.0787. The first-order valence-electron chi connectivity index (χ1n) is 4.87. The molecule has 1 aliphatic heterocycles. The molecule has 0 N–H and O–H groups in total. The van der Waals surface area contributed by atoms with Crippen LogP contribution in [0.2, 0.25) is 0 Å². The highest BCUT2D eigenvalue weighted by molar-refractivity contribution is 5.79. The van der Waals surface area contributed by atoms with Crippen molar-refractivity contribution < 1.29 is 14.3 Å². The van der Waals surface area contributed by atoms with Crippen LogP contribution in [0.3, 0.4) is 0 Å². The minimum Gasteiger partial charge on any atom is -0.469 e. The van der Waals surface area contributed by atoms with Crippen LogP contribution in [0.15, 0.2) is 0 Å². The highest BCUT2D eigenvalue weighted by atomic mass is 16.6. The van der Waals surface area contributed by atoms with Crippen LogP contribution < -0.4 is 0 Å². The zero-order chi connectivity index (χ0) is 9.53. The van der Waals surface area contributed by atoms with E-state index < -0.39 is 0 Å². The first-order valence-corrected chi connectivity index (χ1v) is 4.87. The van der Waals surface area contributed by atoms with Gasteiger partial charge in [0.15, 0.2) is 0 Å². The predicted octanol–water partition coefficient (Wildman–Crippen LogP) is 1.51. The van der Waals surface area contributed by atoms with Crippen molar-refractivity contribution in [1.29, 1.82) is 0 Å². The molecule has 0 bridgehead atoms. The summed E-state index contributed by atoms with van der Waals surface area (Å²) in [6.45, 7) is 2.73. The average molecular weight is 184 g/mol. The van der Waals surface area contributed by atoms with E-state index in [1.165, 1.54) is 7.11 Å². The fourth-order valence-corrected chi connectivity index (χ4v) is 2.51. The van der Waals surface area contributed by atoms with Crippen molar-refractivity contribution in [3.63, 3.8) is 0 Å². The van der Waals surface area contributed by atoms with Crippen LogP contribution in [0.1, 0.15) is 32.6 Å². The molecule has 0 amide bonds. The lowest BCUT2D eigenvalue weighted by atomic mass is 9.75. The summed E-state index contributed by atoms with van der Waals surface area (Å²) in [6, 6.07) is 0. The molecule has 0 radical (unpaired) electrons. The standard InChI is InChI=1S/C10H16O3/c1-9(7-13-9)10(8(11)12-2)5-3-4-6-10/h3-7H2,1-2H3. The maximum Gasteiger partial charge on any atom is 0.314 e. The van der Waals surface area contributed by atoms with Crippen LogP contribution in [0.5, 0.6) is 0 Å². The van der Waals surface area contributed by atoms with Gasteiger partial charge < -0.3 is 9.47 Å². The summed E-state index contributed by atoms with van der Waals surface area (Å²) in [7, 11) is 1.47. The molecular weight excluding hydrogens is 168 g/mol. The van der Waals surface area contributed by atoms with Gasteiger partial charge >= 0.3 is 5.97 Å². The van der Waals surface area contributed by atoms with Crippen LogP contribution in [-0.2, 0) is 14.3 Å². The van der Waals surface area contributed by atoms with Crippen LogP contribution in [0.4, 0.5) is 0 Å². The first kappa shape index (κ1) is 9.00. The molecule has 1 unspecified atom stereocenters. The van der Waals surface area contributed by atoms with E-state index in [-0.39, 0.29) is 17.0 Å². The Morgan fingerprint density at radius 3 is 2.31 bits per heavy atom. The van der Waals surface area contributed by atoms with E-state index in [1.807, 2.05) is 6.92 Å². The number of epoxide rings is 1. The number of carbonyl (C=O) groups is 1. The second kappa shape index (κ2) is 2.71. The zero-order valence-electron chi connectivity index (χ0n) is 8.26. The fraction of sp³-hybridized carbons (Fsp3) is 0.900. The molecule has 0 aromatic heterocycles. The van der Waals surface area contributed by atoms with Crippen molar-refractivity contribution in [2.75, 3.05) is 13.7 Å². The maximum atomic E-state index is 11.7. The van der Waals surface area contributed by atoms with Gasteiger partial charge in [-0.05, 0) is 19.8 Å². The second-order valence-corrected chi connectivity index (χ2v) is 4.30. The SMILES string of the molecule is COC(=O)C1(C2(C)CO2)CCCC1. The Kier molecular flexibility index (Phi) is 1.88. The first-order chi connectivity index (χ1) is 6.15. The van der Waals surface area contributed by atoms with Gasteiger partial charge in [0.1, 0.15) is 5.60 Å². The Balaban J connectivity index is 2.25. The number of esters is 1. The van der Waals surface area contributed by atoms with E-state index in [4.69, 9.17) is 9.47 Å². The molecular formula is C10H16O3. The third-order valence-electron chi connectivity index (χ3n) is 3.62. The third-order valence-corrected chi connectivity index (χ3v) is 3.62. The Hall–Kier alpha value is -0.570. The summed E-state index contributed by atoms with van der Waals surface area (Å²) in [5.41, 5.74) is -0.557. The molecule has 2 rings (SSSR count). The van der Waals surface area contributed by atoms with Crippen LogP contribution in [-0.4, -0.2) is 25.3 Å². The Morgan fingerprint density at radius 1 is 1.38 bits per heavy atom. The highest BCUT2D eigenvalue weighted by Gasteiger charge is 2.63. The number of methoxy groups -OCH3 is 1. The lowest BCUT2D eigenvalue weighted by Gasteiger charge is -2.29. The molecule has 3 nitrogen and oxygen atoms in total. The van der Waals surface area contributed by atoms with Gasteiger partial charge in [-0.3, -0.25) is 4.79 Å². The van der Waals surface area contributed by atoms with Crippen molar-refractivity contribution in [3.8, 4) is 0 Å². The molecule has 1 aliphatic carbocycles. The van der Waals surface area contributed by atoms with Gasteiger partial charge in [-0.25, -0.2) is 0 Å². The molecule has 2 fully saturated rings. The highest BCUT2D eigenvalue weighted by Crippen LogP contribution is 2.54. The monoisotopic (exact) mass is 184 g/mol. The average Bonchev–Trinajstić information content (AvgIpc) is 2.73. The largest absolute Gasteiger partial charge is 0.469 e. The number of carbonyl (C=O) groups excluding carboxylic acids is 1. The minimum atomic E-state index is -0.332. The van der Waals surface area contributed by atoms with Crippen molar-refractivity contribution in [1.82, 2.24) is 0 Å². The van der Waals surface area contributed by atoms with Crippen LogP contribution in [0, 0.1) is 5.41 Å². The van der Waals surface area contributed by atoms with Gasteiger partial charge in [0.2, 0.25) is 0 Å². The number of ether oxygens (including phenoxy) is 2. The fourth-order valence-electron chi connectivity index (χ4n) is 2.51. The number of rotatable bonds is 2. The predicted molar refractivity (Wildman–Crippen MR) is 47.3 cm³/mol. The summed E-state index contributed by atoms with van der Waals surface area (Å²) < 4.78 is 10.3. The summed E-state index contributed by atoms with van der Waals surface area (Å²) in [5, 5.41) is 0. The van der Waals surface area contributed by atoms with E-state index >= 15 is 0 Å². The topological polar surface area (TPSA) is 38.8 Å². The number of hydrogen-bond donors (Lipinski definition) is 0. The van der Waals surface area contributed by atoms with E-state index in [9.17, 15) is 4.79 Å². The molecule has 1 heterocycles. The Morgan fingerprint density at radius 2 is 1.92 bits per heavy atom. The van der Waals surface area contributed by atoms with E-state index in [0.717, 1.165) is 25.7 Å². The lowest BCUT2D eigenvalue weighted by molar-refractivity contribution is -0.156. The zero-order valence-corrected chi connectivity index (χ0v) is 8.26.